The Morgan fingerprint density at radius 3 is 3.13 bits per heavy atom. The van der Waals surface area contributed by atoms with Gasteiger partial charge in [0.2, 0.25) is 0 Å². The highest BCUT2D eigenvalue weighted by Crippen LogP contribution is 2.15. The van der Waals surface area contributed by atoms with Crippen molar-refractivity contribution in [3.05, 3.63) is 30.2 Å². The molecule has 2 heterocycles. The Balaban J connectivity index is 2.20. The Morgan fingerprint density at radius 2 is 2.33 bits per heavy atom. The summed E-state index contributed by atoms with van der Waals surface area (Å²) in [6.07, 6.45) is 5.57. The number of nitrogens with zero attached hydrogens (tertiary/aromatic N) is 2. The van der Waals surface area contributed by atoms with Crippen LogP contribution in [0.2, 0.25) is 0 Å². The minimum absolute atomic E-state index is 0.779. The second-order valence-corrected chi connectivity index (χ2v) is 3.62. The third-order valence-electron chi connectivity index (χ3n) is 2.12. The molecule has 2 rings (SSSR count). The second-order valence-electron chi connectivity index (χ2n) is 3.62. The molecule has 0 amide bonds. The topological polar surface area (TPSA) is 53.6 Å². The SMILES string of the molecule is CC(C)=CCNc1nccc2[nH]cnc12. The molecule has 0 saturated carbocycles. The number of aromatic nitrogens is 3. The summed E-state index contributed by atoms with van der Waals surface area (Å²) in [4.78, 5) is 11.5. The number of hydrogen-bond acceptors (Lipinski definition) is 3. The number of H-pyrrole nitrogens is 1. The van der Waals surface area contributed by atoms with Gasteiger partial charge in [-0.15, -0.1) is 0 Å². The quantitative estimate of drug-likeness (QED) is 0.751. The summed E-state index contributed by atoms with van der Waals surface area (Å²) < 4.78 is 0. The van der Waals surface area contributed by atoms with Crippen LogP contribution in [0.3, 0.4) is 0 Å². The van der Waals surface area contributed by atoms with Crippen LogP contribution in [0.15, 0.2) is 30.2 Å². The van der Waals surface area contributed by atoms with Crippen LogP contribution in [0.4, 0.5) is 5.82 Å². The van der Waals surface area contributed by atoms with E-state index in [-0.39, 0.29) is 0 Å². The van der Waals surface area contributed by atoms with E-state index in [1.54, 1.807) is 12.5 Å². The zero-order valence-electron chi connectivity index (χ0n) is 8.91. The van der Waals surface area contributed by atoms with Crippen molar-refractivity contribution in [3.63, 3.8) is 0 Å². The first-order chi connectivity index (χ1) is 7.27. The molecule has 0 bridgehead atoms. The van der Waals surface area contributed by atoms with Crippen molar-refractivity contribution in [1.29, 1.82) is 0 Å². The normalized spacial score (nSPS) is 10.3. The molecular formula is C11H14N4. The molecular weight excluding hydrogens is 188 g/mol. The zero-order valence-corrected chi connectivity index (χ0v) is 8.91. The minimum Gasteiger partial charge on any atom is -0.365 e. The number of rotatable bonds is 3. The van der Waals surface area contributed by atoms with Gasteiger partial charge in [-0.3, -0.25) is 0 Å². The van der Waals surface area contributed by atoms with E-state index in [0.29, 0.717) is 0 Å². The van der Waals surface area contributed by atoms with Crippen molar-refractivity contribution in [2.24, 2.45) is 0 Å². The van der Waals surface area contributed by atoms with Crippen molar-refractivity contribution >= 4 is 16.9 Å². The van der Waals surface area contributed by atoms with Gasteiger partial charge in [0.05, 0.1) is 11.8 Å². The van der Waals surface area contributed by atoms with E-state index in [0.717, 1.165) is 23.4 Å². The third-order valence-corrected chi connectivity index (χ3v) is 2.12. The van der Waals surface area contributed by atoms with Gasteiger partial charge >= 0.3 is 0 Å². The van der Waals surface area contributed by atoms with Crippen LogP contribution in [-0.2, 0) is 0 Å². The van der Waals surface area contributed by atoms with Gasteiger partial charge in [0.15, 0.2) is 5.82 Å². The number of pyridine rings is 1. The second kappa shape index (κ2) is 4.13. The number of fused-ring (bicyclic) bond motifs is 1. The summed E-state index contributed by atoms with van der Waals surface area (Å²) in [5.74, 6) is 0.825. The van der Waals surface area contributed by atoms with E-state index in [9.17, 15) is 0 Å². The number of imidazole rings is 1. The van der Waals surface area contributed by atoms with E-state index < -0.39 is 0 Å². The molecule has 0 aliphatic rings. The highest BCUT2D eigenvalue weighted by atomic mass is 15.0. The van der Waals surface area contributed by atoms with Crippen molar-refractivity contribution < 1.29 is 0 Å². The summed E-state index contributed by atoms with van der Waals surface area (Å²) >= 11 is 0. The molecule has 2 N–H and O–H groups in total. The lowest BCUT2D eigenvalue weighted by Gasteiger charge is -2.02. The predicted octanol–water partition coefficient (Wildman–Crippen LogP) is 2.34. The molecule has 0 saturated heterocycles. The molecule has 15 heavy (non-hydrogen) atoms. The molecule has 0 radical (unpaired) electrons. The number of allylic oxidation sites excluding steroid dienone is 1. The fourth-order valence-electron chi connectivity index (χ4n) is 1.35. The highest BCUT2D eigenvalue weighted by Gasteiger charge is 2.02. The lowest BCUT2D eigenvalue weighted by molar-refractivity contribution is 1.21. The Kier molecular flexibility index (Phi) is 2.67. The summed E-state index contributed by atoms with van der Waals surface area (Å²) in [7, 11) is 0. The first kappa shape index (κ1) is 9.71. The van der Waals surface area contributed by atoms with Gasteiger partial charge in [-0.2, -0.15) is 0 Å². The monoisotopic (exact) mass is 202 g/mol. The highest BCUT2D eigenvalue weighted by molar-refractivity contribution is 5.85. The molecule has 4 nitrogen and oxygen atoms in total. The maximum atomic E-state index is 4.25. The maximum Gasteiger partial charge on any atom is 0.154 e. The largest absolute Gasteiger partial charge is 0.365 e. The number of aromatic amines is 1. The van der Waals surface area contributed by atoms with E-state index >= 15 is 0 Å². The summed E-state index contributed by atoms with van der Waals surface area (Å²) in [6.45, 7) is 4.93. The molecule has 0 spiro atoms. The van der Waals surface area contributed by atoms with E-state index in [1.807, 2.05) is 6.07 Å². The van der Waals surface area contributed by atoms with Crippen LogP contribution in [0.1, 0.15) is 13.8 Å². The molecule has 4 heteroatoms. The minimum atomic E-state index is 0.779. The van der Waals surface area contributed by atoms with Crippen LogP contribution in [0.25, 0.3) is 11.0 Å². The summed E-state index contributed by atoms with van der Waals surface area (Å²) in [5.41, 5.74) is 3.18. The van der Waals surface area contributed by atoms with E-state index in [2.05, 4.69) is 40.2 Å². The van der Waals surface area contributed by atoms with Crippen molar-refractivity contribution in [2.45, 2.75) is 13.8 Å². The molecule has 0 aliphatic heterocycles. The summed E-state index contributed by atoms with van der Waals surface area (Å²) in [5, 5.41) is 3.24. The molecule has 0 atom stereocenters. The molecule has 2 aromatic heterocycles. The fourth-order valence-corrected chi connectivity index (χ4v) is 1.35. The van der Waals surface area contributed by atoms with Crippen LogP contribution < -0.4 is 5.32 Å². The Labute approximate surface area is 88.4 Å². The van der Waals surface area contributed by atoms with Gasteiger partial charge < -0.3 is 10.3 Å². The Morgan fingerprint density at radius 1 is 1.47 bits per heavy atom. The van der Waals surface area contributed by atoms with Gasteiger partial charge in [-0.1, -0.05) is 11.6 Å². The van der Waals surface area contributed by atoms with Crippen molar-refractivity contribution in [3.8, 4) is 0 Å². The fraction of sp³-hybridized carbons (Fsp3) is 0.273. The average Bonchev–Trinajstić information content (AvgIpc) is 2.65. The number of anilines is 1. The lowest BCUT2D eigenvalue weighted by Crippen LogP contribution is -2.01. The molecule has 0 aliphatic carbocycles. The van der Waals surface area contributed by atoms with Gasteiger partial charge in [0.25, 0.3) is 0 Å². The standard InChI is InChI=1S/C11H14N4/c1-8(2)3-5-12-11-10-9(4-6-13-11)14-7-15-10/h3-4,6-7H,5H2,1-2H3,(H,12,13)(H,14,15). The third kappa shape index (κ3) is 2.15. The first-order valence-electron chi connectivity index (χ1n) is 4.92. The van der Waals surface area contributed by atoms with Crippen molar-refractivity contribution in [2.75, 3.05) is 11.9 Å². The van der Waals surface area contributed by atoms with Gasteiger partial charge in [-0.05, 0) is 19.9 Å². The van der Waals surface area contributed by atoms with E-state index in [1.165, 1.54) is 5.57 Å². The Bertz CT molecular complexity index is 480. The molecule has 0 aromatic carbocycles. The molecule has 0 fully saturated rings. The number of nitrogens with one attached hydrogen (secondary N) is 2. The average molecular weight is 202 g/mol. The van der Waals surface area contributed by atoms with Crippen LogP contribution in [0, 0.1) is 0 Å². The smallest absolute Gasteiger partial charge is 0.154 e. The molecule has 78 valence electrons. The zero-order chi connectivity index (χ0) is 10.7. The maximum absolute atomic E-state index is 4.25. The summed E-state index contributed by atoms with van der Waals surface area (Å²) in [6, 6.07) is 1.91. The van der Waals surface area contributed by atoms with Gasteiger partial charge in [0.1, 0.15) is 5.52 Å². The lowest BCUT2D eigenvalue weighted by atomic mass is 10.3. The molecule has 2 aromatic rings. The van der Waals surface area contributed by atoms with Crippen LogP contribution in [-0.4, -0.2) is 21.5 Å². The van der Waals surface area contributed by atoms with Crippen molar-refractivity contribution in [1.82, 2.24) is 15.0 Å². The van der Waals surface area contributed by atoms with E-state index in [4.69, 9.17) is 0 Å². The van der Waals surface area contributed by atoms with Gasteiger partial charge in [0, 0.05) is 12.7 Å². The Hall–Kier alpha value is -1.84. The first-order valence-corrected chi connectivity index (χ1v) is 4.92. The predicted molar refractivity (Wildman–Crippen MR) is 61.8 cm³/mol. The molecule has 0 unspecified atom stereocenters. The van der Waals surface area contributed by atoms with Crippen LogP contribution >= 0.6 is 0 Å². The number of hydrogen-bond donors (Lipinski definition) is 2. The van der Waals surface area contributed by atoms with Gasteiger partial charge in [-0.25, -0.2) is 9.97 Å². The van der Waals surface area contributed by atoms with Crippen LogP contribution in [0.5, 0.6) is 0 Å².